The van der Waals surface area contributed by atoms with Crippen LogP contribution in [0.3, 0.4) is 0 Å². The summed E-state index contributed by atoms with van der Waals surface area (Å²) in [6, 6.07) is 8.96. The van der Waals surface area contributed by atoms with Crippen molar-refractivity contribution in [2.45, 2.75) is 38.4 Å². The van der Waals surface area contributed by atoms with Gasteiger partial charge in [-0.2, -0.15) is 13.2 Å². The van der Waals surface area contributed by atoms with Gasteiger partial charge in [0, 0.05) is 13.0 Å². The highest BCUT2D eigenvalue weighted by atomic mass is 19.4. The zero-order valence-electron chi connectivity index (χ0n) is 13.5. The number of nitrogens with zero attached hydrogens (tertiary/aromatic N) is 1. The van der Waals surface area contributed by atoms with Crippen LogP contribution in [-0.2, 0) is 4.79 Å². The number of carbonyl (C=O) groups is 1. The second-order valence-electron chi connectivity index (χ2n) is 6.41. The third-order valence-corrected chi connectivity index (χ3v) is 4.34. The minimum atomic E-state index is -4.48. The predicted molar refractivity (Wildman–Crippen MR) is 86.3 cm³/mol. The Kier molecular flexibility index (Phi) is 4.25. The number of halogens is 3. The third kappa shape index (κ3) is 3.11. The number of amides is 1. The summed E-state index contributed by atoms with van der Waals surface area (Å²) in [7, 11) is 0. The Balaban J connectivity index is 2.19. The molecule has 1 heterocycles. The molecule has 1 saturated heterocycles. The van der Waals surface area contributed by atoms with Crippen molar-refractivity contribution in [3.05, 3.63) is 47.5 Å². The van der Waals surface area contributed by atoms with Gasteiger partial charge < -0.3 is 0 Å². The number of rotatable bonds is 3. The molecule has 3 rings (SSSR count). The van der Waals surface area contributed by atoms with Crippen molar-refractivity contribution in [1.82, 2.24) is 10.4 Å². The summed E-state index contributed by atoms with van der Waals surface area (Å²) in [6.07, 6.45) is -4.40. The van der Waals surface area contributed by atoms with Crippen LogP contribution in [0, 0.1) is 0 Å². The van der Waals surface area contributed by atoms with Crippen LogP contribution >= 0.6 is 0 Å². The lowest BCUT2D eigenvalue weighted by atomic mass is 9.89. The molecule has 1 aliphatic rings. The van der Waals surface area contributed by atoms with Gasteiger partial charge in [0.05, 0.1) is 0 Å². The highest BCUT2D eigenvalue weighted by Gasteiger charge is 2.47. The smallest absolute Gasteiger partial charge is 0.288 e. The molecule has 1 aliphatic heterocycles. The molecule has 0 aromatic heterocycles. The van der Waals surface area contributed by atoms with E-state index in [4.69, 9.17) is 0 Å². The molecule has 6 heteroatoms. The first-order chi connectivity index (χ1) is 11.3. The van der Waals surface area contributed by atoms with E-state index in [1.807, 2.05) is 32.0 Å². The monoisotopic (exact) mass is 336 g/mol. The van der Waals surface area contributed by atoms with Gasteiger partial charge in [-0.1, -0.05) is 44.2 Å². The zero-order valence-corrected chi connectivity index (χ0v) is 13.5. The van der Waals surface area contributed by atoms with E-state index in [0.29, 0.717) is 5.56 Å². The zero-order chi connectivity index (χ0) is 17.5. The van der Waals surface area contributed by atoms with Gasteiger partial charge in [-0.15, -0.1) is 0 Å². The maximum absolute atomic E-state index is 13.8. The fraction of sp³-hybridized carbons (Fsp3) is 0.389. The van der Waals surface area contributed by atoms with E-state index in [1.54, 1.807) is 18.2 Å². The molecule has 1 unspecified atom stereocenters. The van der Waals surface area contributed by atoms with Gasteiger partial charge in [-0.25, -0.2) is 5.01 Å². The molecule has 0 saturated carbocycles. The Morgan fingerprint density at radius 3 is 2.12 bits per heavy atom. The second-order valence-corrected chi connectivity index (χ2v) is 6.41. The molecule has 1 atom stereocenters. The Morgan fingerprint density at radius 2 is 1.67 bits per heavy atom. The molecule has 1 N–H and O–H groups in total. The largest absolute Gasteiger partial charge is 0.409 e. The first-order valence-corrected chi connectivity index (χ1v) is 7.93. The van der Waals surface area contributed by atoms with E-state index in [0.717, 1.165) is 15.8 Å². The Labute approximate surface area is 138 Å². The van der Waals surface area contributed by atoms with Crippen LogP contribution < -0.4 is 5.43 Å². The third-order valence-electron chi connectivity index (χ3n) is 4.34. The quantitative estimate of drug-likeness (QED) is 0.906. The Hall–Kier alpha value is -2.08. The van der Waals surface area contributed by atoms with Gasteiger partial charge in [0.25, 0.3) is 0 Å². The molecular weight excluding hydrogens is 317 g/mol. The van der Waals surface area contributed by atoms with Crippen LogP contribution in [0.4, 0.5) is 13.2 Å². The standard InChI is InChI=1S/C18H19F3N2O/c1-11(2)14-9-12-5-3-4-6-13(12)10-15(14)17(18(19,20)21)23-8-7-16(24)22-23/h3-6,9-11,17H,7-8H2,1-2H3,(H,22,24). The number of nitrogens with one attached hydrogen (secondary N) is 1. The van der Waals surface area contributed by atoms with Crippen molar-refractivity contribution in [3.8, 4) is 0 Å². The maximum atomic E-state index is 13.8. The summed E-state index contributed by atoms with van der Waals surface area (Å²) in [4.78, 5) is 11.4. The molecule has 2 aromatic carbocycles. The van der Waals surface area contributed by atoms with Crippen molar-refractivity contribution in [3.63, 3.8) is 0 Å². The molecule has 3 nitrogen and oxygen atoms in total. The number of carbonyl (C=O) groups excluding carboxylic acids is 1. The molecule has 0 radical (unpaired) electrons. The van der Waals surface area contributed by atoms with Crippen molar-refractivity contribution < 1.29 is 18.0 Å². The summed E-state index contributed by atoms with van der Waals surface area (Å²) in [5.41, 5.74) is 3.20. The number of hydrogen-bond donors (Lipinski definition) is 1. The first kappa shape index (κ1) is 16.8. The average molecular weight is 336 g/mol. The summed E-state index contributed by atoms with van der Waals surface area (Å²) in [5.74, 6) is -0.441. The molecule has 0 bridgehead atoms. The van der Waals surface area contributed by atoms with E-state index in [1.165, 1.54) is 0 Å². The van der Waals surface area contributed by atoms with E-state index in [-0.39, 0.29) is 30.4 Å². The van der Waals surface area contributed by atoms with Crippen molar-refractivity contribution in [2.75, 3.05) is 6.54 Å². The van der Waals surface area contributed by atoms with Crippen LogP contribution in [0.25, 0.3) is 10.8 Å². The summed E-state index contributed by atoms with van der Waals surface area (Å²) >= 11 is 0. The van der Waals surface area contributed by atoms with Crippen LogP contribution in [-0.4, -0.2) is 23.6 Å². The molecule has 1 amide bonds. The van der Waals surface area contributed by atoms with E-state index in [9.17, 15) is 18.0 Å². The molecule has 1 fully saturated rings. The molecule has 2 aromatic rings. The Morgan fingerprint density at radius 1 is 1.08 bits per heavy atom. The van der Waals surface area contributed by atoms with Gasteiger partial charge in [-0.3, -0.25) is 10.2 Å². The van der Waals surface area contributed by atoms with Gasteiger partial charge in [0.15, 0.2) is 0 Å². The maximum Gasteiger partial charge on any atom is 0.409 e. The minimum absolute atomic E-state index is 0.0490. The van der Waals surface area contributed by atoms with E-state index < -0.39 is 12.2 Å². The predicted octanol–water partition coefficient (Wildman–Crippen LogP) is 4.30. The van der Waals surface area contributed by atoms with E-state index in [2.05, 4.69) is 5.43 Å². The highest BCUT2D eigenvalue weighted by Crippen LogP contribution is 2.42. The number of alkyl halides is 3. The van der Waals surface area contributed by atoms with Gasteiger partial charge in [-0.05, 0) is 33.9 Å². The number of hydrogen-bond acceptors (Lipinski definition) is 2. The van der Waals surface area contributed by atoms with Crippen molar-refractivity contribution in [1.29, 1.82) is 0 Å². The molecular formula is C18H19F3N2O. The topological polar surface area (TPSA) is 32.3 Å². The molecule has 0 spiro atoms. The van der Waals surface area contributed by atoms with Crippen LogP contribution in [0.5, 0.6) is 0 Å². The number of benzene rings is 2. The summed E-state index contributed by atoms with van der Waals surface area (Å²) < 4.78 is 41.5. The van der Waals surface area contributed by atoms with Crippen LogP contribution in [0.15, 0.2) is 36.4 Å². The summed E-state index contributed by atoms with van der Waals surface area (Å²) in [6.45, 7) is 3.81. The fourth-order valence-corrected chi connectivity index (χ4v) is 3.22. The van der Waals surface area contributed by atoms with Gasteiger partial charge in [0.2, 0.25) is 5.91 Å². The van der Waals surface area contributed by atoms with Crippen LogP contribution in [0.2, 0.25) is 0 Å². The SMILES string of the molecule is CC(C)c1cc2ccccc2cc1C(N1CCC(=O)N1)C(F)(F)F. The lowest BCUT2D eigenvalue weighted by Gasteiger charge is -2.31. The number of hydrazine groups is 1. The lowest BCUT2D eigenvalue weighted by molar-refractivity contribution is -0.191. The van der Waals surface area contributed by atoms with Crippen LogP contribution in [0.1, 0.15) is 43.4 Å². The molecule has 0 aliphatic carbocycles. The fourth-order valence-electron chi connectivity index (χ4n) is 3.22. The first-order valence-electron chi connectivity index (χ1n) is 7.93. The number of fused-ring (bicyclic) bond motifs is 1. The lowest BCUT2D eigenvalue weighted by Crippen LogP contribution is -2.44. The molecule has 128 valence electrons. The van der Waals surface area contributed by atoms with Crippen molar-refractivity contribution >= 4 is 16.7 Å². The van der Waals surface area contributed by atoms with Crippen molar-refractivity contribution in [2.24, 2.45) is 0 Å². The minimum Gasteiger partial charge on any atom is -0.288 e. The molecule has 24 heavy (non-hydrogen) atoms. The van der Waals surface area contributed by atoms with E-state index >= 15 is 0 Å². The summed E-state index contributed by atoms with van der Waals surface area (Å²) in [5, 5.41) is 2.69. The van der Waals surface area contributed by atoms with Gasteiger partial charge >= 0.3 is 6.18 Å². The van der Waals surface area contributed by atoms with Gasteiger partial charge in [0.1, 0.15) is 6.04 Å². The second kappa shape index (κ2) is 6.09. The Bertz CT molecular complexity index is 770. The highest BCUT2D eigenvalue weighted by molar-refractivity contribution is 5.84. The average Bonchev–Trinajstić information content (AvgIpc) is 2.91. The normalized spacial score (nSPS) is 17.5.